The third-order valence-electron chi connectivity index (χ3n) is 3.94. The van der Waals surface area contributed by atoms with E-state index >= 15 is 0 Å². The van der Waals surface area contributed by atoms with Gasteiger partial charge >= 0.3 is 12.1 Å². The van der Waals surface area contributed by atoms with E-state index in [2.05, 4.69) is 5.32 Å². The molecule has 5 nitrogen and oxygen atoms in total. The molecule has 0 spiro atoms. The molecule has 23 heavy (non-hydrogen) atoms. The Balaban J connectivity index is 1.80. The van der Waals surface area contributed by atoms with E-state index in [1.807, 2.05) is 0 Å². The molecular weight excluding hydrogens is 315 g/mol. The third-order valence-corrected chi connectivity index (χ3v) is 3.94. The molecule has 1 amide bonds. The number of ether oxygens (including phenoxy) is 1. The fraction of sp³-hybridized carbons (Fsp3) is 0.333. The van der Waals surface area contributed by atoms with Crippen molar-refractivity contribution in [3.63, 3.8) is 0 Å². The van der Waals surface area contributed by atoms with E-state index in [1.165, 1.54) is 12.1 Å². The number of rotatable bonds is 3. The predicted octanol–water partition coefficient (Wildman–Crippen LogP) is 2.30. The second-order valence-corrected chi connectivity index (χ2v) is 5.41. The Morgan fingerprint density at radius 1 is 1.13 bits per heavy atom. The first-order chi connectivity index (χ1) is 10.8. The molecule has 0 aliphatic carbocycles. The number of hydrogen-bond donors (Lipinski definition) is 2. The Morgan fingerprint density at radius 2 is 1.78 bits per heavy atom. The van der Waals surface area contributed by atoms with Crippen molar-refractivity contribution >= 4 is 17.6 Å². The molecule has 3 rings (SSSR count). The van der Waals surface area contributed by atoms with E-state index in [-0.39, 0.29) is 5.69 Å². The number of carbonyl (C=O) groups excluding carboxylic acids is 1. The molecule has 1 aromatic rings. The molecule has 2 N–H and O–H groups in total. The van der Waals surface area contributed by atoms with Crippen molar-refractivity contribution < 1.29 is 32.6 Å². The summed E-state index contributed by atoms with van der Waals surface area (Å²) in [6, 6.07) is 4.17. The molecule has 4 atom stereocenters. The first kappa shape index (κ1) is 15.5. The Morgan fingerprint density at radius 3 is 2.39 bits per heavy atom. The maximum Gasteiger partial charge on any atom is 0.416 e. The van der Waals surface area contributed by atoms with Gasteiger partial charge in [-0.25, -0.2) is 0 Å². The zero-order valence-electron chi connectivity index (χ0n) is 11.6. The minimum atomic E-state index is -4.53. The Labute approximate surface area is 128 Å². The molecule has 0 unspecified atom stereocenters. The van der Waals surface area contributed by atoms with Crippen LogP contribution >= 0.6 is 0 Å². The lowest BCUT2D eigenvalue weighted by atomic mass is 9.82. The van der Waals surface area contributed by atoms with Crippen LogP contribution in [-0.4, -0.2) is 29.2 Å². The molecule has 122 valence electrons. The van der Waals surface area contributed by atoms with E-state index in [0.29, 0.717) is 0 Å². The van der Waals surface area contributed by atoms with Gasteiger partial charge in [0, 0.05) is 5.69 Å². The second-order valence-electron chi connectivity index (χ2n) is 5.41. The molecule has 2 heterocycles. The standard InChI is InChI=1S/C15H12F3NO4/c16-15(17,18)7-2-1-3-8(6-7)19-13(20)11-9-4-5-10(23-9)12(11)14(21)22/h1-6,9-12H,(H,19,20)(H,21,22)/t9-,10-,11+,12+/m1/s1. The highest BCUT2D eigenvalue weighted by molar-refractivity contribution is 5.96. The van der Waals surface area contributed by atoms with Crippen molar-refractivity contribution in [2.45, 2.75) is 18.4 Å². The Kier molecular flexibility index (Phi) is 3.63. The Hall–Kier alpha value is -2.35. The van der Waals surface area contributed by atoms with E-state index in [1.54, 1.807) is 12.2 Å². The van der Waals surface area contributed by atoms with Crippen LogP contribution < -0.4 is 5.32 Å². The minimum Gasteiger partial charge on any atom is -0.481 e. The monoisotopic (exact) mass is 327 g/mol. The quantitative estimate of drug-likeness (QED) is 0.835. The van der Waals surface area contributed by atoms with Crippen molar-refractivity contribution in [2.75, 3.05) is 5.32 Å². The normalized spacial score (nSPS) is 28.8. The van der Waals surface area contributed by atoms with Crippen LogP contribution in [0.3, 0.4) is 0 Å². The fourth-order valence-corrected chi connectivity index (χ4v) is 2.91. The number of amides is 1. The summed E-state index contributed by atoms with van der Waals surface area (Å²) in [5.41, 5.74) is -0.935. The van der Waals surface area contributed by atoms with Gasteiger partial charge in [0.1, 0.15) is 5.92 Å². The summed E-state index contributed by atoms with van der Waals surface area (Å²) >= 11 is 0. The molecule has 1 fully saturated rings. The predicted molar refractivity (Wildman–Crippen MR) is 72.5 cm³/mol. The van der Waals surface area contributed by atoms with Gasteiger partial charge < -0.3 is 15.2 Å². The van der Waals surface area contributed by atoms with E-state index in [0.717, 1.165) is 12.1 Å². The number of anilines is 1. The highest BCUT2D eigenvalue weighted by atomic mass is 19.4. The lowest BCUT2D eigenvalue weighted by Crippen LogP contribution is -2.39. The molecule has 0 saturated carbocycles. The van der Waals surface area contributed by atoms with Gasteiger partial charge in [-0.05, 0) is 18.2 Å². The molecule has 2 aliphatic rings. The number of halogens is 3. The zero-order valence-corrected chi connectivity index (χ0v) is 11.6. The molecule has 2 bridgehead atoms. The number of nitrogens with one attached hydrogen (secondary N) is 1. The van der Waals surface area contributed by atoms with Crippen LogP contribution in [0, 0.1) is 11.8 Å². The highest BCUT2D eigenvalue weighted by Gasteiger charge is 2.53. The van der Waals surface area contributed by atoms with Crippen LogP contribution in [0.25, 0.3) is 0 Å². The van der Waals surface area contributed by atoms with Crippen molar-refractivity contribution in [1.29, 1.82) is 0 Å². The maximum atomic E-state index is 12.7. The van der Waals surface area contributed by atoms with Crippen molar-refractivity contribution in [3.8, 4) is 0 Å². The largest absolute Gasteiger partial charge is 0.481 e. The smallest absolute Gasteiger partial charge is 0.416 e. The van der Waals surface area contributed by atoms with Crippen molar-refractivity contribution in [3.05, 3.63) is 42.0 Å². The van der Waals surface area contributed by atoms with Gasteiger partial charge in [-0.3, -0.25) is 9.59 Å². The third kappa shape index (κ3) is 2.81. The second kappa shape index (κ2) is 5.38. The summed E-state index contributed by atoms with van der Waals surface area (Å²) in [7, 11) is 0. The number of fused-ring (bicyclic) bond motifs is 2. The van der Waals surface area contributed by atoms with Gasteiger partial charge in [0.15, 0.2) is 0 Å². The van der Waals surface area contributed by atoms with Gasteiger partial charge in [0.05, 0.1) is 23.7 Å². The van der Waals surface area contributed by atoms with Crippen LogP contribution in [-0.2, 0) is 20.5 Å². The van der Waals surface area contributed by atoms with Crippen molar-refractivity contribution in [2.24, 2.45) is 11.8 Å². The first-order valence-electron chi connectivity index (χ1n) is 6.82. The number of hydrogen-bond acceptors (Lipinski definition) is 3. The number of aliphatic carboxylic acids is 1. The number of alkyl halides is 3. The minimum absolute atomic E-state index is 0.0410. The van der Waals surface area contributed by atoms with Crippen LogP contribution in [0.15, 0.2) is 36.4 Å². The number of carboxylic acid groups (broad SMARTS) is 1. The Bertz CT molecular complexity index is 686. The summed E-state index contributed by atoms with van der Waals surface area (Å²) in [6.07, 6.45) is -2.71. The summed E-state index contributed by atoms with van der Waals surface area (Å²) in [5, 5.41) is 11.6. The molecular formula is C15H12F3NO4. The molecule has 2 aliphatic heterocycles. The van der Waals surface area contributed by atoms with Gasteiger partial charge in [-0.15, -0.1) is 0 Å². The summed E-state index contributed by atoms with van der Waals surface area (Å²) in [5.74, 6) is -3.87. The van der Waals surface area contributed by atoms with E-state index in [4.69, 9.17) is 4.74 Å². The molecule has 0 radical (unpaired) electrons. The fourth-order valence-electron chi connectivity index (χ4n) is 2.91. The summed E-state index contributed by atoms with van der Waals surface area (Å²) < 4.78 is 43.4. The van der Waals surface area contributed by atoms with Gasteiger partial charge in [-0.1, -0.05) is 18.2 Å². The summed E-state index contributed by atoms with van der Waals surface area (Å²) in [6.45, 7) is 0. The first-order valence-corrected chi connectivity index (χ1v) is 6.82. The van der Waals surface area contributed by atoms with E-state index in [9.17, 15) is 27.9 Å². The van der Waals surface area contributed by atoms with Gasteiger partial charge in [0.2, 0.25) is 5.91 Å². The highest BCUT2D eigenvalue weighted by Crippen LogP contribution is 2.40. The zero-order chi connectivity index (χ0) is 16.8. The van der Waals surface area contributed by atoms with Crippen LogP contribution in [0.4, 0.5) is 18.9 Å². The number of carboxylic acids is 1. The molecule has 8 heteroatoms. The average molecular weight is 327 g/mol. The maximum absolute atomic E-state index is 12.7. The van der Waals surface area contributed by atoms with Crippen LogP contribution in [0.5, 0.6) is 0 Å². The number of benzene rings is 1. The molecule has 0 aromatic heterocycles. The van der Waals surface area contributed by atoms with Crippen LogP contribution in [0.1, 0.15) is 5.56 Å². The van der Waals surface area contributed by atoms with Crippen molar-refractivity contribution in [1.82, 2.24) is 0 Å². The number of carbonyl (C=O) groups is 2. The van der Waals surface area contributed by atoms with Gasteiger partial charge in [0.25, 0.3) is 0 Å². The lowest BCUT2D eigenvalue weighted by molar-refractivity contribution is -0.145. The molecule has 1 aromatic carbocycles. The summed E-state index contributed by atoms with van der Waals surface area (Å²) in [4.78, 5) is 23.6. The molecule has 1 saturated heterocycles. The van der Waals surface area contributed by atoms with E-state index < -0.39 is 47.7 Å². The SMILES string of the molecule is O=C(O)[C@@H]1[C@@H](C(=O)Nc2cccc(C(F)(F)F)c2)[C@H]2C=C[C@H]1O2. The average Bonchev–Trinajstić information content (AvgIpc) is 3.07. The lowest BCUT2D eigenvalue weighted by Gasteiger charge is -2.21. The van der Waals surface area contributed by atoms with Crippen LogP contribution in [0.2, 0.25) is 0 Å². The van der Waals surface area contributed by atoms with Gasteiger partial charge in [-0.2, -0.15) is 13.2 Å². The topological polar surface area (TPSA) is 75.6 Å².